The Balaban J connectivity index is 0.00000280. The minimum absolute atomic E-state index is 0. The van der Waals surface area contributed by atoms with E-state index in [-0.39, 0.29) is 36.0 Å². The highest BCUT2D eigenvalue weighted by Crippen LogP contribution is 2.19. The number of hydrogen-bond donors (Lipinski definition) is 2. The van der Waals surface area contributed by atoms with Gasteiger partial charge in [0.05, 0.1) is 0 Å². The molecule has 28 heavy (non-hydrogen) atoms. The predicted octanol–water partition coefficient (Wildman–Crippen LogP) is 3.76. The van der Waals surface area contributed by atoms with Crippen LogP contribution < -0.4 is 5.32 Å². The Morgan fingerprint density at radius 1 is 1.11 bits per heavy atom. The fraction of sp³-hybridized carbons (Fsp3) is 0.381. The van der Waals surface area contributed by atoms with Gasteiger partial charge in [0, 0.05) is 19.1 Å². The Kier molecular flexibility index (Phi) is 8.08. The Morgan fingerprint density at radius 3 is 2.29 bits per heavy atom. The topological polar surface area (TPSA) is 55.8 Å². The molecule has 1 aliphatic rings. The molecule has 3 rings (SSSR count). The maximum atomic E-state index is 13.2. The number of likely N-dealkylation sites (tertiary alicyclic amines) is 1. The maximum Gasteiger partial charge on any atom is 0.318 e. The summed E-state index contributed by atoms with van der Waals surface area (Å²) in [6.45, 7) is 2.76. The highest BCUT2D eigenvalue weighted by molar-refractivity contribution is 5.85. The minimum atomic E-state index is -0.277. The summed E-state index contributed by atoms with van der Waals surface area (Å²) in [5, 5.41) is 12.3. The zero-order chi connectivity index (χ0) is 19.2. The van der Waals surface area contributed by atoms with Crippen molar-refractivity contribution in [3.05, 3.63) is 65.5 Å². The fourth-order valence-corrected chi connectivity index (χ4v) is 3.35. The number of amides is 2. The van der Waals surface area contributed by atoms with E-state index in [1.807, 2.05) is 4.90 Å². The van der Waals surface area contributed by atoms with Crippen molar-refractivity contribution in [1.82, 2.24) is 15.1 Å². The monoisotopic (exact) mass is 407 g/mol. The van der Waals surface area contributed by atoms with Gasteiger partial charge in [-0.1, -0.05) is 24.3 Å². The van der Waals surface area contributed by atoms with E-state index in [4.69, 9.17) is 0 Å². The second-order valence-electron chi connectivity index (χ2n) is 7.11. The van der Waals surface area contributed by atoms with Crippen molar-refractivity contribution in [2.45, 2.75) is 32.0 Å². The van der Waals surface area contributed by atoms with Gasteiger partial charge >= 0.3 is 6.03 Å². The molecule has 5 nitrogen and oxygen atoms in total. The van der Waals surface area contributed by atoms with Crippen LogP contribution in [0.15, 0.2) is 48.5 Å². The summed E-state index contributed by atoms with van der Waals surface area (Å²) in [5.74, 6) is -0.0734. The average molecular weight is 408 g/mol. The third-order valence-corrected chi connectivity index (χ3v) is 5.04. The smallest absolute Gasteiger partial charge is 0.318 e. The molecule has 0 aromatic heterocycles. The third-order valence-electron chi connectivity index (χ3n) is 5.04. The molecule has 0 bridgehead atoms. The molecule has 1 heterocycles. The quantitative estimate of drug-likeness (QED) is 0.793. The normalized spacial score (nSPS) is 14.9. The third kappa shape index (κ3) is 6.11. The second kappa shape index (κ2) is 10.3. The first kappa shape index (κ1) is 22.0. The van der Waals surface area contributed by atoms with Crippen molar-refractivity contribution in [1.29, 1.82) is 0 Å². The zero-order valence-corrected chi connectivity index (χ0v) is 16.8. The lowest BCUT2D eigenvalue weighted by Gasteiger charge is -2.37. The van der Waals surface area contributed by atoms with Crippen LogP contribution in [0.3, 0.4) is 0 Å². The van der Waals surface area contributed by atoms with Crippen LogP contribution in [0.4, 0.5) is 9.18 Å². The van der Waals surface area contributed by atoms with E-state index in [0.717, 1.165) is 37.1 Å². The van der Waals surface area contributed by atoms with Crippen LogP contribution >= 0.6 is 12.4 Å². The van der Waals surface area contributed by atoms with Gasteiger partial charge in [0.25, 0.3) is 0 Å². The average Bonchev–Trinajstić information content (AvgIpc) is 2.68. The number of halogens is 2. The largest absolute Gasteiger partial charge is 0.508 e. The van der Waals surface area contributed by atoms with Crippen LogP contribution in [0.5, 0.6) is 5.75 Å². The number of rotatable bonds is 5. The van der Waals surface area contributed by atoms with Gasteiger partial charge in [0.2, 0.25) is 0 Å². The fourth-order valence-electron chi connectivity index (χ4n) is 3.35. The van der Waals surface area contributed by atoms with Crippen LogP contribution in [0.2, 0.25) is 0 Å². The summed E-state index contributed by atoms with van der Waals surface area (Å²) in [6, 6.07) is 13.1. The lowest BCUT2D eigenvalue weighted by atomic mass is 10.0. The molecule has 0 atom stereocenters. The van der Waals surface area contributed by atoms with Gasteiger partial charge in [-0.15, -0.1) is 12.4 Å². The van der Waals surface area contributed by atoms with Crippen molar-refractivity contribution in [3.8, 4) is 5.75 Å². The molecule has 1 fully saturated rings. The van der Waals surface area contributed by atoms with Crippen LogP contribution in [-0.4, -0.2) is 47.1 Å². The van der Waals surface area contributed by atoms with Crippen LogP contribution in [0.1, 0.15) is 24.0 Å². The molecule has 1 aliphatic heterocycles. The first-order valence-electron chi connectivity index (χ1n) is 9.26. The number of carbonyl (C=O) groups excluding carboxylic acids is 1. The number of phenolic OH excluding ortho intramolecular Hbond substituents is 1. The summed E-state index contributed by atoms with van der Waals surface area (Å²) < 4.78 is 13.2. The maximum absolute atomic E-state index is 13.2. The second-order valence-corrected chi connectivity index (χ2v) is 7.11. The van der Waals surface area contributed by atoms with Crippen molar-refractivity contribution in [3.63, 3.8) is 0 Å². The molecule has 2 aromatic carbocycles. The number of phenols is 1. The van der Waals surface area contributed by atoms with E-state index >= 15 is 0 Å². The van der Waals surface area contributed by atoms with Gasteiger partial charge < -0.3 is 20.2 Å². The molecular formula is C21H27ClFN3O2. The van der Waals surface area contributed by atoms with Gasteiger partial charge in [0.1, 0.15) is 11.6 Å². The Hall–Kier alpha value is -2.31. The molecule has 1 saturated heterocycles. The summed E-state index contributed by atoms with van der Waals surface area (Å²) in [4.78, 5) is 17.0. The number of aromatic hydroxyl groups is 1. The Morgan fingerprint density at radius 2 is 1.68 bits per heavy atom. The number of nitrogens with zero attached hydrogens (tertiary/aromatic N) is 2. The van der Waals surface area contributed by atoms with Gasteiger partial charge in [0.15, 0.2) is 0 Å². The van der Waals surface area contributed by atoms with E-state index in [0.29, 0.717) is 13.1 Å². The molecule has 0 radical (unpaired) electrons. The Bertz CT molecular complexity index is 747. The number of piperidine rings is 1. The minimum Gasteiger partial charge on any atom is -0.508 e. The molecule has 2 N–H and O–H groups in total. The highest BCUT2D eigenvalue weighted by Gasteiger charge is 2.27. The summed E-state index contributed by atoms with van der Waals surface area (Å²) in [7, 11) is 2.09. The van der Waals surface area contributed by atoms with Crippen molar-refractivity contribution < 1.29 is 14.3 Å². The summed E-state index contributed by atoms with van der Waals surface area (Å²) in [6.07, 6.45) is 1.84. The molecule has 0 saturated carbocycles. The zero-order valence-electron chi connectivity index (χ0n) is 16.0. The van der Waals surface area contributed by atoms with Gasteiger partial charge in [-0.25, -0.2) is 9.18 Å². The van der Waals surface area contributed by atoms with Gasteiger partial charge in [-0.05, 0) is 68.4 Å². The summed E-state index contributed by atoms with van der Waals surface area (Å²) in [5.41, 5.74) is 1.83. The van der Waals surface area contributed by atoms with Crippen LogP contribution in [-0.2, 0) is 13.1 Å². The van der Waals surface area contributed by atoms with Crippen molar-refractivity contribution in [2.24, 2.45) is 0 Å². The molecule has 2 amide bonds. The molecule has 0 unspecified atom stereocenters. The van der Waals surface area contributed by atoms with E-state index in [9.17, 15) is 14.3 Å². The van der Waals surface area contributed by atoms with Crippen LogP contribution in [0, 0.1) is 5.82 Å². The van der Waals surface area contributed by atoms with E-state index in [1.54, 1.807) is 36.4 Å². The lowest BCUT2D eigenvalue weighted by molar-refractivity contribution is 0.127. The highest BCUT2D eigenvalue weighted by atomic mass is 35.5. The molecule has 152 valence electrons. The molecule has 0 aliphatic carbocycles. The first-order chi connectivity index (χ1) is 13.0. The van der Waals surface area contributed by atoms with Gasteiger partial charge in [-0.2, -0.15) is 0 Å². The first-order valence-corrected chi connectivity index (χ1v) is 9.26. The number of urea groups is 1. The van der Waals surface area contributed by atoms with E-state index in [2.05, 4.69) is 17.3 Å². The van der Waals surface area contributed by atoms with Crippen molar-refractivity contribution >= 4 is 18.4 Å². The van der Waals surface area contributed by atoms with Crippen molar-refractivity contribution in [2.75, 3.05) is 20.1 Å². The number of benzene rings is 2. The molecule has 0 spiro atoms. The van der Waals surface area contributed by atoms with E-state index < -0.39 is 0 Å². The Labute approximate surface area is 171 Å². The number of hydrogen-bond acceptors (Lipinski definition) is 3. The lowest BCUT2D eigenvalue weighted by Crippen LogP contribution is -2.49. The SMILES string of the molecule is CN1CCC(N(Cc2ccc(F)cc2)C(=O)NCc2ccc(O)cc2)CC1.Cl. The van der Waals surface area contributed by atoms with Crippen LogP contribution in [0.25, 0.3) is 0 Å². The molecule has 7 heteroatoms. The standard InChI is InChI=1S/C21H26FN3O2.ClH/c1-24-12-10-19(11-13-24)25(15-17-2-6-18(22)7-3-17)21(27)23-14-16-4-8-20(26)9-5-16;/h2-9,19,26H,10-15H2,1H3,(H,23,27);1H. The number of carbonyl (C=O) groups is 1. The summed E-state index contributed by atoms with van der Waals surface area (Å²) >= 11 is 0. The predicted molar refractivity (Wildman–Crippen MR) is 110 cm³/mol. The van der Waals surface area contributed by atoms with Gasteiger partial charge in [-0.3, -0.25) is 0 Å². The molecular weight excluding hydrogens is 381 g/mol. The molecule has 2 aromatic rings. The van der Waals surface area contributed by atoms with E-state index in [1.165, 1.54) is 12.1 Å². The number of nitrogens with one attached hydrogen (secondary N) is 1.